The second-order valence-electron chi connectivity index (χ2n) is 7.16. The fourth-order valence-corrected chi connectivity index (χ4v) is 3.61. The lowest BCUT2D eigenvalue weighted by molar-refractivity contribution is -0.127. The Labute approximate surface area is 174 Å². The predicted octanol–water partition coefficient (Wildman–Crippen LogP) is 2.20. The van der Waals surface area contributed by atoms with Gasteiger partial charge in [0.25, 0.3) is 0 Å². The molecule has 0 spiro atoms. The number of anilines is 1. The molecule has 30 heavy (non-hydrogen) atoms. The Bertz CT molecular complexity index is 989. The minimum atomic E-state index is -0.420. The molecular weight excluding hydrogens is 382 g/mol. The molecule has 0 bridgehead atoms. The van der Waals surface area contributed by atoms with Crippen molar-refractivity contribution in [3.8, 4) is 5.75 Å². The maximum absolute atomic E-state index is 13.0. The molecule has 0 radical (unpaired) electrons. The monoisotopic (exact) mass is 405 g/mol. The molecule has 3 aromatic rings. The van der Waals surface area contributed by atoms with E-state index >= 15 is 0 Å². The maximum Gasteiger partial charge on any atom is 0.227 e. The van der Waals surface area contributed by atoms with E-state index in [1.54, 1.807) is 41.3 Å². The Morgan fingerprint density at radius 1 is 1.13 bits per heavy atom. The Kier molecular flexibility index (Phi) is 5.74. The Balaban J connectivity index is 1.46. The summed E-state index contributed by atoms with van der Waals surface area (Å²) < 4.78 is 5.17. The molecule has 2 amide bonds. The fourth-order valence-electron chi connectivity index (χ4n) is 3.61. The number of hydrogen-bond donors (Lipinski definition) is 1. The third-order valence-electron chi connectivity index (χ3n) is 5.21. The molecule has 0 saturated carbocycles. The van der Waals surface area contributed by atoms with E-state index in [4.69, 9.17) is 4.74 Å². The molecule has 2 atom stereocenters. The van der Waals surface area contributed by atoms with Crippen molar-refractivity contribution >= 4 is 17.5 Å². The van der Waals surface area contributed by atoms with Gasteiger partial charge in [-0.15, -0.1) is 0 Å². The predicted molar refractivity (Wildman–Crippen MR) is 111 cm³/mol. The first-order chi connectivity index (χ1) is 14.6. The zero-order valence-electron chi connectivity index (χ0n) is 16.6. The highest BCUT2D eigenvalue weighted by Gasteiger charge is 2.36. The summed E-state index contributed by atoms with van der Waals surface area (Å²) in [4.78, 5) is 28.8. The molecular formula is C22H23N5O3. The summed E-state index contributed by atoms with van der Waals surface area (Å²) in [7, 11) is 1.60. The van der Waals surface area contributed by atoms with E-state index in [1.165, 1.54) is 0 Å². The quantitative estimate of drug-likeness (QED) is 0.651. The van der Waals surface area contributed by atoms with Gasteiger partial charge in [0, 0.05) is 18.7 Å². The molecule has 2 heterocycles. The van der Waals surface area contributed by atoms with Crippen LogP contribution >= 0.6 is 0 Å². The normalized spacial score (nSPS) is 17.0. The minimum absolute atomic E-state index is 0.0645. The number of rotatable bonds is 7. The van der Waals surface area contributed by atoms with Crippen molar-refractivity contribution in [1.82, 2.24) is 20.3 Å². The lowest BCUT2D eigenvalue weighted by atomic mass is 10.0. The van der Waals surface area contributed by atoms with Gasteiger partial charge in [0.2, 0.25) is 11.8 Å². The topological polar surface area (TPSA) is 89.3 Å². The summed E-state index contributed by atoms with van der Waals surface area (Å²) in [6, 6.07) is 16.7. The molecule has 1 aromatic heterocycles. The molecule has 1 fully saturated rings. The van der Waals surface area contributed by atoms with E-state index < -0.39 is 5.92 Å². The molecule has 1 N–H and O–H groups in total. The Morgan fingerprint density at radius 3 is 2.50 bits per heavy atom. The van der Waals surface area contributed by atoms with Gasteiger partial charge < -0.3 is 15.0 Å². The highest BCUT2D eigenvalue weighted by atomic mass is 16.5. The number of amides is 2. The number of carbonyl (C=O) groups is 2. The third kappa shape index (κ3) is 4.32. The summed E-state index contributed by atoms with van der Waals surface area (Å²) in [5, 5.41) is 11.4. The molecule has 2 aromatic carbocycles. The second kappa shape index (κ2) is 8.77. The van der Waals surface area contributed by atoms with Gasteiger partial charge in [-0.05, 0) is 29.8 Å². The lowest BCUT2D eigenvalue weighted by Gasteiger charge is -2.21. The van der Waals surface area contributed by atoms with Gasteiger partial charge in [0.15, 0.2) is 0 Å². The number of nitrogens with zero attached hydrogens (tertiary/aromatic N) is 4. The van der Waals surface area contributed by atoms with E-state index in [0.717, 1.165) is 17.0 Å². The molecule has 154 valence electrons. The van der Waals surface area contributed by atoms with Crippen molar-refractivity contribution in [2.45, 2.75) is 19.0 Å². The third-order valence-corrected chi connectivity index (χ3v) is 5.21. The molecule has 1 saturated heterocycles. The van der Waals surface area contributed by atoms with Crippen molar-refractivity contribution in [2.75, 3.05) is 18.6 Å². The van der Waals surface area contributed by atoms with Crippen LogP contribution in [0.5, 0.6) is 5.75 Å². The van der Waals surface area contributed by atoms with Crippen LogP contribution < -0.4 is 15.0 Å². The SMILES string of the molecule is COc1ccc(N2CC(C(=O)NC(Cn3nccn3)c3ccccc3)CC2=O)cc1. The fraction of sp³-hybridized carbons (Fsp3) is 0.273. The summed E-state index contributed by atoms with van der Waals surface area (Å²) in [5.74, 6) is 0.0831. The molecule has 8 nitrogen and oxygen atoms in total. The van der Waals surface area contributed by atoms with Crippen LogP contribution in [0.15, 0.2) is 67.0 Å². The maximum atomic E-state index is 13.0. The molecule has 0 aliphatic carbocycles. The Morgan fingerprint density at radius 2 is 1.83 bits per heavy atom. The minimum Gasteiger partial charge on any atom is -0.497 e. The first-order valence-electron chi connectivity index (χ1n) is 9.78. The van der Waals surface area contributed by atoms with E-state index in [-0.39, 0.29) is 24.3 Å². The van der Waals surface area contributed by atoms with Crippen molar-refractivity contribution in [1.29, 1.82) is 0 Å². The zero-order valence-corrected chi connectivity index (χ0v) is 16.6. The molecule has 2 unspecified atom stereocenters. The van der Waals surface area contributed by atoms with Gasteiger partial charge in [-0.2, -0.15) is 15.0 Å². The van der Waals surface area contributed by atoms with Gasteiger partial charge in [0.05, 0.1) is 38.0 Å². The van der Waals surface area contributed by atoms with E-state index in [0.29, 0.717) is 13.1 Å². The first-order valence-corrected chi connectivity index (χ1v) is 9.78. The van der Waals surface area contributed by atoms with Gasteiger partial charge >= 0.3 is 0 Å². The summed E-state index contributed by atoms with van der Waals surface area (Å²) in [6.07, 6.45) is 3.39. The number of methoxy groups -OCH3 is 1. The van der Waals surface area contributed by atoms with Crippen molar-refractivity contribution in [3.05, 3.63) is 72.6 Å². The second-order valence-corrected chi connectivity index (χ2v) is 7.16. The highest BCUT2D eigenvalue weighted by molar-refractivity contribution is 6.00. The number of benzene rings is 2. The first kappa shape index (κ1) is 19.6. The van der Waals surface area contributed by atoms with Gasteiger partial charge in [-0.1, -0.05) is 30.3 Å². The van der Waals surface area contributed by atoms with Crippen LogP contribution in [0, 0.1) is 5.92 Å². The summed E-state index contributed by atoms with van der Waals surface area (Å²) in [5.41, 5.74) is 1.72. The van der Waals surface area contributed by atoms with Crippen LogP contribution in [-0.4, -0.2) is 40.5 Å². The highest BCUT2D eigenvalue weighted by Crippen LogP contribution is 2.27. The van der Waals surface area contributed by atoms with Crippen LogP contribution in [-0.2, 0) is 16.1 Å². The molecule has 8 heteroatoms. The van der Waals surface area contributed by atoms with Gasteiger partial charge in [0.1, 0.15) is 5.75 Å². The zero-order chi connectivity index (χ0) is 20.9. The van der Waals surface area contributed by atoms with Crippen LogP contribution in [0.4, 0.5) is 5.69 Å². The van der Waals surface area contributed by atoms with Crippen LogP contribution in [0.2, 0.25) is 0 Å². The average molecular weight is 405 g/mol. The van der Waals surface area contributed by atoms with E-state index in [2.05, 4.69) is 15.5 Å². The van der Waals surface area contributed by atoms with Gasteiger partial charge in [-0.3, -0.25) is 9.59 Å². The lowest BCUT2D eigenvalue weighted by Crippen LogP contribution is -2.37. The average Bonchev–Trinajstić information content (AvgIpc) is 3.43. The van der Waals surface area contributed by atoms with Crippen molar-refractivity contribution in [2.24, 2.45) is 5.92 Å². The van der Waals surface area contributed by atoms with E-state index in [9.17, 15) is 9.59 Å². The number of aromatic nitrogens is 3. The van der Waals surface area contributed by atoms with Crippen LogP contribution in [0.3, 0.4) is 0 Å². The number of nitrogens with one attached hydrogen (secondary N) is 1. The molecule has 4 rings (SSSR count). The van der Waals surface area contributed by atoms with Crippen molar-refractivity contribution in [3.63, 3.8) is 0 Å². The molecule has 1 aliphatic rings. The van der Waals surface area contributed by atoms with Crippen LogP contribution in [0.1, 0.15) is 18.0 Å². The smallest absolute Gasteiger partial charge is 0.227 e. The van der Waals surface area contributed by atoms with Crippen molar-refractivity contribution < 1.29 is 14.3 Å². The number of carbonyl (C=O) groups excluding carboxylic acids is 2. The number of ether oxygens (including phenoxy) is 1. The largest absolute Gasteiger partial charge is 0.497 e. The molecule has 1 aliphatic heterocycles. The summed E-state index contributed by atoms with van der Waals surface area (Å²) in [6.45, 7) is 0.754. The number of hydrogen-bond acceptors (Lipinski definition) is 5. The van der Waals surface area contributed by atoms with Gasteiger partial charge in [-0.25, -0.2) is 0 Å². The van der Waals surface area contributed by atoms with E-state index in [1.807, 2.05) is 42.5 Å². The van der Waals surface area contributed by atoms with Crippen LogP contribution in [0.25, 0.3) is 0 Å². The Hall–Kier alpha value is -3.68. The standard InChI is InChI=1S/C22H23N5O3/c1-30-19-9-7-18(8-10-19)26-14-17(13-21(26)28)22(29)25-20(15-27-23-11-12-24-27)16-5-3-2-4-6-16/h2-12,17,20H,13-15H2,1H3,(H,25,29). The summed E-state index contributed by atoms with van der Waals surface area (Å²) >= 11 is 0.